The van der Waals surface area contributed by atoms with Crippen LogP contribution in [0.5, 0.6) is 0 Å². The standard InChI is InChI=1S/C13H11Cl2N3O2/c14-10-5-12(13(18(19)20)6-11(10)15)17-7-8-1-3-9(16)4-2-8/h1-6,17H,7,16H2. The summed E-state index contributed by atoms with van der Waals surface area (Å²) >= 11 is 11.7. The zero-order valence-corrected chi connectivity index (χ0v) is 11.8. The van der Waals surface area contributed by atoms with Crippen molar-refractivity contribution in [2.24, 2.45) is 0 Å². The molecular formula is C13H11Cl2N3O2. The number of benzene rings is 2. The van der Waals surface area contributed by atoms with Crippen molar-refractivity contribution in [1.29, 1.82) is 0 Å². The Kier molecular flexibility index (Phi) is 4.32. The van der Waals surface area contributed by atoms with E-state index in [4.69, 9.17) is 28.9 Å². The van der Waals surface area contributed by atoms with Gasteiger partial charge < -0.3 is 11.1 Å². The van der Waals surface area contributed by atoms with Crippen molar-refractivity contribution in [2.45, 2.75) is 6.54 Å². The van der Waals surface area contributed by atoms with Gasteiger partial charge in [0.2, 0.25) is 0 Å². The Labute approximate surface area is 125 Å². The van der Waals surface area contributed by atoms with Crippen molar-refractivity contribution in [3.8, 4) is 0 Å². The first-order valence-electron chi connectivity index (χ1n) is 5.69. The Morgan fingerprint density at radius 1 is 1.15 bits per heavy atom. The number of hydrogen-bond acceptors (Lipinski definition) is 4. The van der Waals surface area contributed by atoms with E-state index in [1.165, 1.54) is 12.1 Å². The summed E-state index contributed by atoms with van der Waals surface area (Å²) in [4.78, 5) is 10.5. The molecule has 0 spiro atoms. The molecule has 2 rings (SSSR count). The van der Waals surface area contributed by atoms with Gasteiger partial charge in [-0.2, -0.15) is 0 Å². The first-order valence-corrected chi connectivity index (χ1v) is 6.44. The lowest BCUT2D eigenvalue weighted by Gasteiger charge is -2.09. The molecule has 104 valence electrons. The molecule has 0 aliphatic heterocycles. The number of anilines is 2. The molecule has 0 aliphatic rings. The Bertz CT molecular complexity index is 645. The lowest BCUT2D eigenvalue weighted by molar-refractivity contribution is -0.383. The second-order valence-electron chi connectivity index (χ2n) is 4.14. The van der Waals surface area contributed by atoms with Gasteiger partial charge in [0.05, 0.1) is 15.0 Å². The smallest absolute Gasteiger partial charge is 0.293 e. The second kappa shape index (κ2) is 5.98. The predicted molar refractivity (Wildman–Crippen MR) is 81.3 cm³/mol. The highest BCUT2D eigenvalue weighted by atomic mass is 35.5. The molecule has 0 aliphatic carbocycles. The van der Waals surface area contributed by atoms with Gasteiger partial charge in [-0.1, -0.05) is 35.3 Å². The SMILES string of the molecule is Nc1ccc(CNc2cc(Cl)c(Cl)cc2[N+](=O)[O-])cc1. The van der Waals surface area contributed by atoms with Gasteiger partial charge in [-0.3, -0.25) is 10.1 Å². The maximum atomic E-state index is 11.0. The zero-order chi connectivity index (χ0) is 14.7. The molecule has 0 aromatic heterocycles. The number of nitrogens with one attached hydrogen (secondary N) is 1. The summed E-state index contributed by atoms with van der Waals surface area (Å²) in [5.74, 6) is 0. The van der Waals surface area contributed by atoms with Gasteiger partial charge in [-0.25, -0.2) is 0 Å². The Balaban J connectivity index is 2.22. The van der Waals surface area contributed by atoms with Crippen molar-refractivity contribution >= 4 is 40.3 Å². The van der Waals surface area contributed by atoms with Crippen molar-refractivity contribution in [1.82, 2.24) is 0 Å². The molecule has 0 saturated carbocycles. The van der Waals surface area contributed by atoms with Gasteiger partial charge in [-0.15, -0.1) is 0 Å². The Hall–Kier alpha value is -1.98. The van der Waals surface area contributed by atoms with Crippen LogP contribution in [0, 0.1) is 10.1 Å². The molecule has 0 fully saturated rings. The summed E-state index contributed by atoms with van der Waals surface area (Å²) in [6, 6.07) is 9.88. The third kappa shape index (κ3) is 3.31. The largest absolute Gasteiger partial charge is 0.399 e. The van der Waals surface area contributed by atoms with Gasteiger partial charge in [0.15, 0.2) is 0 Å². The molecule has 2 aromatic carbocycles. The molecule has 0 atom stereocenters. The Morgan fingerprint density at radius 3 is 2.35 bits per heavy atom. The summed E-state index contributed by atoms with van der Waals surface area (Å²) in [6.07, 6.45) is 0. The van der Waals surface area contributed by atoms with E-state index in [0.29, 0.717) is 17.9 Å². The molecule has 0 unspecified atom stereocenters. The maximum absolute atomic E-state index is 11.0. The summed E-state index contributed by atoms with van der Waals surface area (Å²) in [5, 5.41) is 14.4. The molecule has 2 aromatic rings. The fraction of sp³-hybridized carbons (Fsp3) is 0.0769. The average Bonchev–Trinajstić information content (AvgIpc) is 2.41. The topological polar surface area (TPSA) is 81.2 Å². The van der Waals surface area contributed by atoms with Crippen LogP contribution in [0.1, 0.15) is 5.56 Å². The van der Waals surface area contributed by atoms with Crippen molar-refractivity contribution in [3.05, 3.63) is 62.1 Å². The fourth-order valence-corrected chi connectivity index (χ4v) is 1.98. The summed E-state index contributed by atoms with van der Waals surface area (Å²) < 4.78 is 0. The highest BCUT2D eigenvalue weighted by Gasteiger charge is 2.16. The first kappa shape index (κ1) is 14.4. The molecule has 20 heavy (non-hydrogen) atoms. The number of hydrogen-bond donors (Lipinski definition) is 2. The van der Waals surface area contributed by atoms with Crippen LogP contribution in [0.2, 0.25) is 10.0 Å². The van der Waals surface area contributed by atoms with Gasteiger partial charge in [0.25, 0.3) is 5.69 Å². The molecule has 0 saturated heterocycles. The number of rotatable bonds is 4. The molecular weight excluding hydrogens is 301 g/mol. The number of nitrogen functional groups attached to an aromatic ring is 1. The van der Waals surface area contributed by atoms with E-state index in [-0.39, 0.29) is 15.7 Å². The number of nitrogens with zero attached hydrogens (tertiary/aromatic N) is 1. The molecule has 7 heteroatoms. The van der Waals surface area contributed by atoms with Crippen LogP contribution < -0.4 is 11.1 Å². The second-order valence-corrected chi connectivity index (χ2v) is 4.95. The van der Waals surface area contributed by atoms with Crippen LogP contribution in [0.3, 0.4) is 0 Å². The third-order valence-electron chi connectivity index (χ3n) is 2.70. The minimum Gasteiger partial charge on any atom is -0.399 e. The lowest BCUT2D eigenvalue weighted by Crippen LogP contribution is -2.03. The average molecular weight is 312 g/mol. The minimum atomic E-state index is -0.506. The van der Waals surface area contributed by atoms with Gasteiger partial charge in [0, 0.05) is 18.3 Å². The van der Waals surface area contributed by atoms with Crippen LogP contribution in [-0.2, 0) is 6.54 Å². The normalized spacial score (nSPS) is 10.3. The van der Waals surface area contributed by atoms with Crippen LogP contribution in [0.25, 0.3) is 0 Å². The monoisotopic (exact) mass is 311 g/mol. The maximum Gasteiger partial charge on any atom is 0.293 e. The first-order chi connectivity index (χ1) is 9.47. The molecule has 0 heterocycles. The number of halogens is 2. The summed E-state index contributed by atoms with van der Waals surface area (Å²) in [6.45, 7) is 0.416. The van der Waals surface area contributed by atoms with E-state index in [1.54, 1.807) is 12.1 Å². The van der Waals surface area contributed by atoms with Crippen molar-refractivity contribution in [3.63, 3.8) is 0 Å². The fourth-order valence-electron chi connectivity index (χ4n) is 1.66. The third-order valence-corrected chi connectivity index (χ3v) is 3.42. The van der Waals surface area contributed by atoms with Crippen LogP contribution in [-0.4, -0.2) is 4.92 Å². The van der Waals surface area contributed by atoms with Crippen molar-refractivity contribution < 1.29 is 4.92 Å². The van der Waals surface area contributed by atoms with Crippen LogP contribution in [0.4, 0.5) is 17.1 Å². The number of nitro benzene ring substituents is 1. The molecule has 3 N–H and O–H groups in total. The lowest BCUT2D eigenvalue weighted by atomic mass is 10.2. The van der Waals surface area contributed by atoms with E-state index < -0.39 is 4.92 Å². The van der Waals surface area contributed by atoms with E-state index >= 15 is 0 Å². The zero-order valence-electron chi connectivity index (χ0n) is 10.3. The quantitative estimate of drug-likeness (QED) is 0.506. The van der Waals surface area contributed by atoms with Crippen LogP contribution >= 0.6 is 23.2 Å². The predicted octanol–water partition coefficient (Wildman–Crippen LogP) is 4.10. The number of nitro groups is 1. The van der Waals surface area contributed by atoms with E-state index in [0.717, 1.165) is 5.56 Å². The van der Waals surface area contributed by atoms with Crippen LogP contribution in [0.15, 0.2) is 36.4 Å². The minimum absolute atomic E-state index is 0.116. The molecule has 0 bridgehead atoms. The van der Waals surface area contributed by atoms with Gasteiger partial charge in [-0.05, 0) is 23.8 Å². The van der Waals surface area contributed by atoms with E-state index in [9.17, 15) is 10.1 Å². The Morgan fingerprint density at radius 2 is 1.75 bits per heavy atom. The molecule has 5 nitrogen and oxygen atoms in total. The molecule has 0 amide bonds. The van der Waals surface area contributed by atoms with Gasteiger partial charge in [0.1, 0.15) is 5.69 Å². The van der Waals surface area contributed by atoms with E-state index in [1.807, 2.05) is 12.1 Å². The van der Waals surface area contributed by atoms with E-state index in [2.05, 4.69) is 5.32 Å². The highest BCUT2D eigenvalue weighted by molar-refractivity contribution is 6.42. The molecule has 0 radical (unpaired) electrons. The summed E-state index contributed by atoms with van der Waals surface area (Å²) in [5.41, 5.74) is 7.40. The highest BCUT2D eigenvalue weighted by Crippen LogP contribution is 2.34. The number of nitrogens with two attached hydrogens (primary N) is 1. The van der Waals surface area contributed by atoms with Crippen molar-refractivity contribution in [2.75, 3.05) is 11.1 Å². The summed E-state index contributed by atoms with van der Waals surface area (Å²) in [7, 11) is 0. The van der Waals surface area contributed by atoms with Gasteiger partial charge >= 0.3 is 0 Å².